The van der Waals surface area contributed by atoms with Crippen LogP contribution in [0.15, 0.2) is 134 Å². The fourth-order valence-corrected chi connectivity index (χ4v) is 7.27. The number of carbonyl (C=O) groups excluding carboxylic acids is 3. The maximum Gasteiger partial charge on any atom is 0.306 e. The van der Waals surface area contributed by atoms with Crippen LogP contribution in [0.5, 0.6) is 0 Å². The molecular weight excluding hydrogens is 865 g/mol. The van der Waals surface area contributed by atoms with Crippen LogP contribution in [0.3, 0.4) is 0 Å². The molecule has 0 saturated heterocycles. The van der Waals surface area contributed by atoms with Gasteiger partial charge in [-0.2, -0.15) is 0 Å². The molecule has 1 unspecified atom stereocenters. The first-order valence-electron chi connectivity index (χ1n) is 28.3. The zero-order chi connectivity index (χ0) is 50.7. The lowest BCUT2D eigenvalue weighted by molar-refractivity contribution is -0.167. The fourth-order valence-electron chi connectivity index (χ4n) is 7.27. The second kappa shape index (κ2) is 57.1. The molecule has 0 aromatic heterocycles. The fraction of sp³-hybridized carbons (Fsp3) is 0.609. The standard InChI is InChI=1S/C64H102O6/c1-4-7-10-13-16-19-22-25-28-31-33-36-39-42-45-48-51-54-57-63(66)69-60-61(59-68-62(65)56-53-50-47-44-41-38-35-30-27-24-21-18-15-12-9-6-3)70-64(67)58-55-52-49-46-43-40-37-34-32-29-26-23-20-17-14-11-8-5-2/h9,12,16,18-19,21-23,25-34,36-38,41,61H,4-8,10-11,13-15,17,20,24,35,39-40,42-60H2,1-3H3/b12-9-,19-16-,21-18-,25-22-,26-23-,30-27-,31-28-,32-29-,36-33-,37-34-,41-38-. The van der Waals surface area contributed by atoms with Crippen LogP contribution < -0.4 is 0 Å². The molecule has 394 valence electrons. The third kappa shape index (κ3) is 54.5. The zero-order valence-electron chi connectivity index (χ0n) is 45.0. The molecule has 0 N–H and O–H groups in total. The van der Waals surface area contributed by atoms with Crippen LogP contribution in [0.1, 0.15) is 233 Å². The van der Waals surface area contributed by atoms with Crippen molar-refractivity contribution < 1.29 is 28.6 Å². The van der Waals surface area contributed by atoms with Gasteiger partial charge in [0.25, 0.3) is 0 Å². The smallest absolute Gasteiger partial charge is 0.306 e. The molecule has 0 rings (SSSR count). The van der Waals surface area contributed by atoms with Crippen LogP contribution in [0.25, 0.3) is 0 Å². The van der Waals surface area contributed by atoms with Crippen molar-refractivity contribution in [3.63, 3.8) is 0 Å². The summed E-state index contributed by atoms with van der Waals surface area (Å²) in [5.41, 5.74) is 0. The normalized spacial score (nSPS) is 13.1. The Morgan fingerprint density at radius 3 is 1.04 bits per heavy atom. The highest BCUT2D eigenvalue weighted by Crippen LogP contribution is 2.13. The first kappa shape index (κ1) is 65.5. The van der Waals surface area contributed by atoms with E-state index in [1.165, 1.54) is 51.4 Å². The van der Waals surface area contributed by atoms with E-state index >= 15 is 0 Å². The Balaban J connectivity index is 4.57. The van der Waals surface area contributed by atoms with Crippen LogP contribution in [0.2, 0.25) is 0 Å². The maximum absolute atomic E-state index is 12.9. The SMILES string of the molecule is CC/C=C\C/C=C\C/C=C\C/C=C\CCCCCC(=O)OCC(COC(=O)CCCCCCC\C=C/C=C\C=C/C=C\CCCCC)OC(=O)CCCCCCC\C=C/C=C\C=C/CCCCCCC. The lowest BCUT2D eigenvalue weighted by Gasteiger charge is -2.18. The summed E-state index contributed by atoms with van der Waals surface area (Å²) in [6.45, 7) is 6.40. The van der Waals surface area contributed by atoms with Crippen LogP contribution >= 0.6 is 0 Å². The molecule has 0 spiro atoms. The molecule has 0 aliphatic carbocycles. The third-order valence-electron chi connectivity index (χ3n) is 11.5. The van der Waals surface area contributed by atoms with Gasteiger partial charge >= 0.3 is 17.9 Å². The van der Waals surface area contributed by atoms with E-state index in [1.807, 2.05) is 0 Å². The van der Waals surface area contributed by atoms with E-state index in [0.717, 1.165) is 141 Å². The second-order valence-corrected chi connectivity index (χ2v) is 18.3. The molecule has 6 nitrogen and oxygen atoms in total. The summed E-state index contributed by atoms with van der Waals surface area (Å²) in [5.74, 6) is -0.991. The topological polar surface area (TPSA) is 78.9 Å². The Morgan fingerprint density at radius 2 is 0.614 bits per heavy atom. The van der Waals surface area contributed by atoms with Crippen LogP contribution in [0, 0.1) is 0 Å². The van der Waals surface area contributed by atoms with Crippen molar-refractivity contribution in [2.45, 2.75) is 239 Å². The lowest BCUT2D eigenvalue weighted by atomic mass is 10.1. The molecule has 1 atom stereocenters. The van der Waals surface area contributed by atoms with Gasteiger partial charge in [0.05, 0.1) is 0 Å². The molecular formula is C64H102O6. The highest BCUT2D eigenvalue weighted by atomic mass is 16.6. The van der Waals surface area contributed by atoms with Gasteiger partial charge < -0.3 is 14.2 Å². The summed E-state index contributed by atoms with van der Waals surface area (Å²) in [5, 5.41) is 0. The summed E-state index contributed by atoms with van der Waals surface area (Å²) in [6, 6.07) is 0. The minimum Gasteiger partial charge on any atom is -0.462 e. The van der Waals surface area contributed by atoms with Gasteiger partial charge in [0.1, 0.15) is 13.2 Å². The van der Waals surface area contributed by atoms with E-state index in [-0.39, 0.29) is 37.5 Å². The van der Waals surface area contributed by atoms with Crippen molar-refractivity contribution in [1.82, 2.24) is 0 Å². The number of carbonyl (C=O) groups is 3. The molecule has 0 saturated carbocycles. The van der Waals surface area contributed by atoms with Crippen molar-refractivity contribution in [2.24, 2.45) is 0 Å². The number of hydrogen-bond donors (Lipinski definition) is 0. The molecule has 0 heterocycles. The first-order valence-corrected chi connectivity index (χ1v) is 28.3. The molecule has 0 aliphatic heterocycles. The van der Waals surface area contributed by atoms with Gasteiger partial charge in [-0.1, -0.05) is 238 Å². The minimum atomic E-state index is -0.818. The van der Waals surface area contributed by atoms with Crippen molar-refractivity contribution in [1.29, 1.82) is 0 Å². The summed E-state index contributed by atoms with van der Waals surface area (Å²) in [4.78, 5) is 38.2. The van der Waals surface area contributed by atoms with E-state index in [0.29, 0.717) is 12.8 Å². The predicted octanol–water partition coefficient (Wildman–Crippen LogP) is 19.0. The van der Waals surface area contributed by atoms with Crippen molar-refractivity contribution in [3.05, 3.63) is 134 Å². The first-order chi connectivity index (χ1) is 34.5. The van der Waals surface area contributed by atoms with Gasteiger partial charge in [0.2, 0.25) is 0 Å². The summed E-state index contributed by atoms with van der Waals surface area (Å²) in [7, 11) is 0. The molecule has 0 aromatic rings. The van der Waals surface area contributed by atoms with Gasteiger partial charge in [0.15, 0.2) is 6.10 Å². The largest absolute Gasteiger partial charge is 0.462 e. The van der Waals surface area contributed by atoms with Gasteiger partial charge in [-0.25, -0.2) is 0 Å². The van der Waals surface area contributed by atoms with E-state index in [1.54, 1.807) is 0 Å². The van der Waals surface area contributed by atoms with Gasteiger partial charge in [-0.15, -0.1) is 0 Å². The number of unbranched alkanes of at least 4 members (excludes halogenated alkanes) is 21. The number of esters is 3. The summed E-state index contributed by atoms with van der Waals surface area (Å²) in [6.07, 6.45) is 80.0. The Labute approximate surface area is 430 Å². The van der Waals surface area contributed by atoms with E-state index in [4.69, 9.17) is 14.2 Å². The quantitative estimate of drug-likeness (QED) is 0.0199. The molecule has 0 amide bonds. The van der Waals surface area contributed by atoms with Crippen molar-refractivity contribution >= 4 is 17.9 Å². The third-order valence-corrected chi connectivity index (χ3v) is 11.5. The van der Waals surface area contributed by atoms with Crippen LogP contribution in [0.4, 0.5) is 0 Å². The number of ether oxygens (including phenoxy) is 3. The number of rotatable bonds is 49. The highest BCUT2D eigenvalue weighted by Gasteiger charge is 2.19. The monoisotopic (exact) mass is 967 g/mol. The van der Waals surface area contributed by atoms with Gasteiger partial charge in [-0.3, -0.25) is 14.4 Å². The lowest BCUT2D eigenvalue weighted by Crippen LogP contribution is -2.30. The Hall–Kier alpha value is -4.45. The van der Waals surface area contributed by atoms with Crippen molar-refractivity contribution in [3.8, 4) is 0 Å². The molecule has 70 heavy (non-hydrogen) atoms. The predicted molar refractivity (Wildman–Crippen MR) is 302 cm³/mol. The van der Waals surface area contributed by atoms with Crippen LogP contribution in [-0.2, 0) is 28.6 Å². The molecule has 6 heteroatoms. The van der Waals surface area contributed by atoms with E-state index in [2.05, 4.69) is 154 Å². The summed E-state index contributed by atoms with van der Waals surface area (Å²) >= 11 is 0. The Bertz CT molecular complexity index is 1530. The molecule has 0 aromatic carbocycles. The van der Waals surface area contributed by atoms with Gasteiger partial charge in [-0.05, 0) is 109 Å². The minimum absolute atomic E-state index is 0.114. The number of allylic oxidation sites excluding steroid dienone is 22. The highest BCUT2D eigenvalue weighted by molar-refractivity contribution is 5.71. The molecule has 0 bridgehead atoms. The van der Waals surface area contributed by atoms with Crippen LogP contribution in [-0.4, -0.2) is 37.2 Å². The second-order valence-electron chi connectivity index (χ2n) is 18.3. The maximum atomic E-state index is 12.9. The van der Waals surface area contributed by atoms with Gasteiger partial charge in [0, 0.05) is 19.3 Å². The zero-order valence-corrected chi connectivity index (χ0v) is 45.0. The Morgan fingerprint density at radius 1 is 0.314 bits per heavy atom. The average Bonchev–Trinajstić information content (AvgIpc) is 3.36. The Kier molecular flexibility index (Phi) is 53.5. The number of hydrogen-bond acceptors (Lipinski definition) is 6. The van der Waals surface area contributed by atoms with Crippen molar-refractivity contribution in [2.75, 3.05) is 13.2 Å². The van der Waals surface area contributed by atoms with E-state index in [9.17, 15) is 14.4 Å². The molecule has 0 aliphatic rings. The summed E-state index contributed by atoms with van der Waals surface area (Å²) < 4.78 is 16.8. The average molecular weight is 968 g/mol. The molecule has 0 fully saturated rings. The van der Waals surface area contributed by atoms with E-state index < -0.39 is 6.10 Å². The molecule has 0 radical (unpaired) electrons.